The van der Waals surface area contributed by atoms with Gasteiger partial charge in [-0.1, -0.05) is 41.6 Å². The molecule has 7 nitrogen and oxygen atoms in total. The number of aromatic nitrogens is 1. The van der Waals surface area contributed by atoms with Crippen molar-refractivity contribution in [2.45, 2.75) is 36.1 Å². The van der Waals surface area contributed by atoms with Gasteiger partial charge in [0, 0.05) is 35.1 Å². The topological polar surface area (TPSA) is 79.8 Å². The number of hydrogen-bond donors (Lipinski definition) is 0. The second-order valence-corrected chi connectivity index (χ2v) is 10.2. The molecule has 0 unspecified atom stereocenters. The van der Waals surface area contributed by atoms with Gasteiger partial charge in [0.15, 0.2) is 10.0 Å². The molecule has 0 radical (unpaired) electrons. The van der Waals surface area contributed by atoms with Crippen LogP contribution >= 0.6 is 34.7 Å². The molecule has 10 heteroatoms. The number of ether oxygens (including phenoxy) is 1. The third kappa shape index (κ3) is 3.80. The minimum absolute atomic E-state index is 0.0582. The first-order valence-corrected chi connectivity index (χ1v) is 12.3. The lowest BCUT2D eigenvalue weighted by molar-refractivity contribution is -0.148. The van der Waals surface area contributed by atoms with E-state index in [1.54, 1.807) is 34.5 Å². The Kier molecular flexibility index (Phi) is 5.64. The zero-order valence-electron chi connectivity index (χ0n) is 17.5. The molecule has 3 heterocycles. The fourth-order valence-corrected chi connectivity index (χ4v) is 6.50. The van der Waals surface area contributed by atoms with Gasteiger partial charge in [-0.15, -0.1) is 11.3 Å². The minimum atomic E-state index is -1.08. The van der Waals surface area contributed by atoms with E-state index < -0.39 is 10.8 Å². The highest BCUT2D eigenvalue weighted by molar-refractivity contribution is 8.02. The van der Waals surface area contributed by atoms with Crippen molar-refractivity contribution < 1.29 is 19.1 Å². The molecular weight excluding hydrogens is 482 g/mol. The van der Waals surface area contributed by atoms with Gasteiger partial charge in [0.1, 0.15) is 6.61 Å². The van der Waals surface area contributed by atoms with Gasteiger partial charge >= 0.3 is 5.97 Å². The second-order valence-electron chi connectivity index (χ2n) is 7.62. The first kappa shape index (κ1) is 21.9. The molecule has 1 aromatic heterocycles. The van der Waals surface area contributed by atoms with E-state index in [4.69, 9.17) is 16.3 Å². The molecular formula is C23H18ClN3O4S2. The summed E-state index contributed by atoms with van der Waals surface area (Å²) in [5.41, 5.74) is 1.87. The largest absolute Gasteiger partial charge is 0.457 e. The molecule has 1 fully saturated rings. The van der Waals surface area contributed by atoms with Crippen molar-refractivity contribution in [2.24, 2.45) is 0 Å². The van der Waals surface area contributed by atoms with Gasteiger partial charge in [-0.05, 0) is 30.3 Å². The fraction of sp³-hybridized carbons (Fsp3) is 0.217. The number of thiazole rings is 1. The van der Waals surface area contributed by atoms with Gasteiger partial charge in [-0.2, -0.15) is 0 Å². The second kappa shape index (κ2) is 8.48. The van der Waals surface area contributed by atoms with Crippen molar-refractivity contribution in [3.8, 4) is 0 Å². The van der Waals surface area contributed by atoms with Crippen molar-refractivity contribution in [1.82, 2.24) is 4.98 Å². The number of halogens is 1. The summed E-state index contributed by atoms with van der Waals surface area (Å²) in [6.07, 6.45) is 0.684. The van der Waals surface area contributed by atoms with Crippen LogP contribution in [0.3, 0.4) is 0 Å². The van der Waals surface area contributed by atoms with Gasteiger partial charge in [0.25, 0.3) is 0 Å². The van der Waals surface area contributed by atoms with Crippen molar-refractivity contribution in [1.29, 1.82) is 0 Å². The SMILES string of the molecule is CC(=O)N(c1cccc(Cl)c1)c1nc(COC(=O)[C@@]23CCC(=O)N2c2ccccc2S3)cs1. The number of benzene rings is 2. The van der Waals surface area contributed by atoms with E-state index in [2.05, 4.69) is 4.98 Å². The summed E-state index contributed by atoms with van der Waals surface area (Å²) in [5.74, 6) is -0.768. The molecule has 168 valence electrons. The molecule has 33 heavy (non-hydrogen) atoms. The van der Waals surface area contributed by atoms with Crippen molar-refractivity contribution in [3.63, 3.8) is 0 Å². The molecule has 2 aromatic carbocycles. The Morgan fingerprint density at radius 1 is 1.24 bits per heavy atom. The minimum Gasteiger partial charge on any atom is -0.457 e. The molecule has 5 rings (SSSR count). The zero-order chi connectivity index (χ0) is 23.2. The lowest BCUT2D eigenvalue weighted by Crippen LogP contribution is -2.47. The molecule has 0 N–H and O–H groups in total. The number of carbonyl (C=O) groups excluding carboxylic acids is 3. The predicted molar refractivity (Wildman–Crippen MR) is 128 cm³/mol. The predicted octanol–water partition coefficient (Wildman–Crippen LogP) is 5.15. The first-order valence-electron chi connectivity index (χ1n) is 10.2. The van der Waals surface area contributed by atoms with Crippen molar-refractivity contribution in [3.05, 3.63) is 64.6 Å². The molecule has 0 aliphatic carbocycles. The van der Waals surface area contributed by atoms with Crippen LogP contribution in [0.2, 0.25) is 5.02 Å². The van der Waals surface area contributed by atoms with Crippen molar-refractivity contribution >= 4 is 69.0 Å². The monoisotopic (exact) mass is 499 g/mol. The summed E-state index contributed by atoms with van der Waals surface area (Å²) >= 11 is 8.71. The Bertz CT molecular complexity index is 1280. The standard InChI is InChI=1S/C23H18ClN3O4S2/c1-14(28)26(17-6-4-5-15(24)11-17)22-25-16(13-32-22)12-31-21(30)23-10-9-20(29)27(23)18-7-2-3-8-19(18)33-23/h2-8,11,13H,9-10,12H2,1H3/t23-/m0/s1. The van der Waals surface area contributed by atoms with E-state index in [1.807, 2.05) is 24.3 Å². The Morgan fingerprint density at radius 3 is 2.85 bits per heavy atom. The third-order valence-corrected chi connectivity index (χ3v) is 8.02. The normalized spacial score (nSPS) is 18.7. The number of thioether (sulfide) groups is 1. The van der Waals surface area contributed by atoms with E-state index in [0.717, 1.165) is 10.6 Å². The maximum Gasteiger partial charge on any atom is 0.343 e. The summed E-state index contributed by atoms with van der Waals surface area (Å²) in [5, 5.41) is 2.71. The molecule has 0 spiro atoms. The number of nitrogens with zero attached hydrogens (tertiary/aromatic N) is 3. The summed E-state index contributed by atoms with van der Waals surface area (Å²) in [4.78, 5) is 45.4. The molecule has 0 bridgehead atoms. The third-order valence-electron chi connectivity index (χ3n) is 5.46. The average Bonchev–Trinajstić information content (AvgIpc) is 3.47. The summed E-state index contributed by atoms with van der Waals surface area (Å²) < 4.78 is 5.64. The molecule has 3 aromatic rings. The van der Waals surface area contributed by atoms with E-state index in [9.17, 15) is 14.4 Å². The van der Waals surface area contributed by atoms with Gasteiger partial charge in [0.2, 0.25) is 11.8 Å². The number of carbonyl (C=O) groups is 3. The molecule has 0 saturated carbocycles. The Hall–Kier alpha value is -2.88. The lowest BCUT2D eigenvalue weighted by atomic mass is 10.2. The maximum absolute atomic E-state index is 13.2. The number of rotatable bonds is 5. The number of fused-ring (bicyclic) bond motifs is 3. The van der Waals surface area contributed by atoms with Crippen LogP contribution in [0.25, 0.3) is 0 Å². The number of para-hydroxylation sites is 1. The summed E-state index contributed by atoms with van der Waals surface area (Å²) in [6.45, 7) is 1.39. The van der Waals surface area contributed by atoms with E-state index >= 15 is 0 Å². The van der Waals surface area contributed by atoms with E-state index in [0.29, 0.717) is 34.4 Å². The van der Waals surface area contributed by atoms with E-state index in [1.165, 1.54) is 34.9 Å². The van der Waals surface area contributed by atoms with E-state index in [-0.39, 0.29) is 18.4 Å². The van der Waals surface area contributed by atoms with Gasteiger partial charge in [-0.3, -0.25) is 19.4 Å². The Morgan fingerprint density at radius 2 is 2.06 bits per heavy atom. The maximum atomic E-state index is 13.2. The quantitative estimate of drug-likeness (QED) is 0.451. The highest BCUT2D eigenvalue weighted by Crippen LogP contribution is 2.56. The number of anilines is 3. The molecule has 2 amide bonds. The fourth-order valence-electron chi connectivity index (χ4n) is 4.03. The molecule has 1 saturated heterocycles. The first-order chi connectivity index (χ1) is 15.9. The van der Waals surface area contributed by atoms with Crippen LogP contribution in [0, 0.1) is 0 Å². The van der Waals surface area contributed by atoms with Crippen LogP contribution in [0.4, 0.5) is 16.5 Å². The van der Waals surface area contributed by atoms with Gasteiger partial charge < -0.3 is 4.74 Å². The van der Waals surface area contributed by atoms with Crippen LogP contribution in [-0.4, -0.2) is 27.6 Å². The molecule has 2 aliphatic heterocycles. The number of esters is 1. The zero-order valence-corrected chi connectivity index (χ0v) is 19.9. The Labute approximate surface area is 203 Å². The van der Waals surface area contributed by atoms with Crippen molar-refractivity contribution in [2.75, 3.05) is 9.80 Å². The van der Waals surface area contributed by atoms with Crippen LogP contribution in [-0.2, 0) is 25.7 Å². The van der Waals surface area contributed by atoms with Gasteiger partial charge in [-0.25, -0.2) is 9.78 Å². The van der Waals surface area contributed by atoms with Crippen LogP contribution in [0.1, 0.15) is 25.5 Å². The Balaban J connectivity index is 1.33. The molecule has 2 aliphatic rings. The highest BCUT2D eigenvalue weighted by Gasteiger charge is 2.58. The lowest BCUT2D eigenvalue weighted by Gasteiger charge is -2.28. The molecule has 1 atom stereocenters. The highest BCUT2D eigenvalue weighted by atomic mass is 35.5. The number of amides is 2. The van der Waals surface area contributed by atoms with Crippen LogP contribution in [0.15, 0.2) is 58.8 Å². The summed E-state index contributed by atoms with van der Waals surface area (Å²) in [6, 6.07) is 14.4. The number of hydrogen-bond acceptors (Lipinski definition) is 7. The van der Waals surface area contributed by atoms with Crippen LogP contribution < -0.4 is 9.80 Å². The average molecular weight is 500 g/mol. The van der Waals surface area contributed by atoms with Crippen LogP contribution in [0.5, 0.6) is 0 Å². The van der Waals surface area contributed by atoms with Gasteiger partial charge in [0.05, 0.1) is 17.1 Å². The smallest absolute Gasteiger partial charge is 0.343 e. The summed E-state index contributed by atoms with van der Waals surface area (Å²) in [7, 11) is 0.